The highest BCUT2D eigenvalue weighted by Gasteiger charge is 2.42. The van der Waals surface area contributed by atoms with E-state index in [4.69, 9.17) is 23.2 Å². The summed E-state index contributed by atoms with van der Waals surface area (Å²) in [6, 6.07) is 22.8. The van der Waals surface area contributed by atoms with Gasteiger partial charge in [0, 0.05) is 32.2 Å². The molecule has 1 aromatic heterocycles. The molecule has 1 aliphatic heterocycles. The van der Waals surface area contributed by atoms with Gasteiger partial charge in [0.05, 0.1) is 11.7 Å². The number of fused-ring (bicyclic) bond motifs is 1. The lowest BCUT2D eigenvalue weighted by Gasteiger charge is -2.26. The van der Waals surface area contributed by atoms with Crippen LogP contribution in [0.1, 0.15) is 33.2 Å². The van der Waals surface area contributed by atoms with Crippen molar-refractivity contribution >= 4 is 45.0 Å². The van der Waals surface area contributed by atoms with Crippen LogP contribution in [0, 0.1) is 0 Å². The zero-order valence-electron chi connectivity index (χ0n) is 16.1. The van der Waals surface area contributed by atoms with Crippen LogP contribution in [0.2, 0.25) is 10.0 Å². The van der Waals surface area contributed by atoms with E-state index in [9.17, 15) is 4.79 Å². The number of nitrogens with zero attached hydrogens (tertiary/aromatic N) is 2. The summed E-state index contributed by atoms with van der Waals surface area (Å²) >= 11 is 15.7. The van der Waals surface area contributed by atoms with E-state index in [-0.39, 0.29) is 11.9 Å². The number of hydrogen-bond donors (Lipinski definition) is 1. The third-order valence-electron chi connectivity index (χ3n) is 5.41. The Morgan fingerprint density at radius 2 is 1.65 bits per heavy atom. The average Bonchev–Trinajstić information content (AvgIpc) is 3.30. The Morgan fingerprint density at radius 1 is 0.968 bits per heavy atom. The molecule has 0 radical (unpaired) electrons. The first-order valence-electron chi connectivity index (χ1n) is 9.66. The van der Waals surface area contributed by atoms with E-state index < -0.39 is 0 Å². The molecule has 3 aromatic carbocycles. The number of hydrogen-bond acceptors (Lipinski definition) is 2. The summed E-state index contributed by atoms with van der Waals surface area (Å²) in [5, 5.41) is 8.79. The van der Waals surface area contributed by atoms with Crippen molar-refractivity contribution in [2.75, 3.05) is 0 Å². The fourth-order valence-corrected chi connectivity index (χ4v) is 4.67. The molecular formula is C24H16BrCl2N3O. The van der Waals surface area contributed by atoms with Crippen molar-refractivity contribution in [2.45, 2.75) is 12.6 Å². The Hall–Kier alpha value is -2.60. The number of aromatic amines is 1. The summed E-state index contributed by atoms with van der Waals surface area (Å²) in [7, 11) is 0. The predicted octanol–water partition coefficient (Wildman–Crippen LogP) is 6.89. The highest BCUT2D eigenvalue weighted by Crippen LogP contribution is 2.44. The van der Waals surface area contributed by atoms with Crippen molar-refractivity contribution in [3.05, 3.63) is 110 Å². The number of rotatable bonds is 4. The van der Waals surface area contributed by atoms with Gasteiger partial charge in [-0.1, -0.05) is 75.5 Å². The Labute approximate surface area is 197 Å². The summed E-state index contributed by atoms with van der Waals surface area (Å²) in [6.07, 6.45) is 0. The molecule has 2 heterocycles. The van der Waals surface area contributed by atoms with Crippen molar-refractivity contribution in [1.29, 1.82) is 0 Å². The van der Waals surface area contributed by atoms with Gasteiger partial charge in [0.15, 0.2) is 0 Å². The molecule has 1 unspecified atom stereocenters. The van der Waals surface area contributed by atoms with E-state index in [2.05, 4.69) is 26.1 Å². The molecule has 7 heteroatoms. The fraction of sp³-hybridized carbons (Fsp3) is 0.0833. The maximum atomic E-state index is 13.4. The molecule has 1 N–H and O–H groups in total. The van der Waals surface area contributed by atoms with Gasteiger partial charge in [0.25, 0.3) is 5.91 Å². The number of benzene rings is 3. The molecule has 154 valence electrons. The SMILES string of the molecule is O=C1c2[nH]nc(-c3ccc(Cl)cc3)c2C(c2cccc(Br)c2)N1Cc1ccc(Cl)cc1. The first-order chi connectivity index (χ1) is 15.0. The molecule has 0 bridgehead atoms. The zero-order chi connectivity index (χ0) is 21.5. The minimum absolute atomic E-state index is 0.0809. The minimum atomic E-state index is -0.278. The topological polar surface area (TPSA) is 49.0 Å². The van der Waals surface area contributed by atoms with Gasteiger partial charge in [0.2, 0.25) is 0 Å². The zero-order valence-corrected chi connectivity index (χ0v) is 19.2. The maximum Gasteiger partial charge on any atom is 0.273 e. The summed E-state index contributed by atoms with van der Waals surface area (Å²) in [6.45, 7) is 0.454. The minimum Gasteiger partial charge on any atom is -0.322 e. The Balaban J connectivity index is 1.64. The highest BCUT2D eigenvalue weighted by molar-refractivity contribution is 9.10. The van der Waals surface area contributed by atoms with Gasteiger partial charge >= 0.3 is 0 Å². The number of halogens is 3. The number of aromatic nitrogens is 2. The van der Waals surface area contributed by atoms with Gasteiger partial charge in [0.1, 0.15) is 5.69 Å². The molecule has 5 rings (SSSR count). The van der Waals surface area contributed by atoms with Gasteiger partial charge in [-0.15, -0.1) is 0 Å². The third-order valence-corrected chi connectivity index (χ3v) is 6.41. The molecule has 0 fully saturated rings. The van der Waals surface area contributed by atoms with Crippen LogP contribution in [0.5, 0.6) is 0 Å². The number of H-pyrrole nitrogens is 1. The third kappa shape index (κ3) is 3.78. The normalized spacial score (nSPS) is 15.4. The molecule has 1 atom stereocenters. The number of amides is 1. The van der Waals surface area contributed by atoms with E-state index in [0.717, 1.165) is 32.4 Å². The molecule has 0 aliphatic carbocycles. The second-order valence-electron chi connectivity index (χ2n) is 7.38. The van der Waals surface area contributed by atoms with Crippen molar-refractivity contribution < 1.29 is 4.79 Å². The maximum absolute atomic E-state index is 13.4. The Kier molecular flexibility index (Phi) is 5.34. The Morgan fingerprint density at radius 3 is 2.32 bits per heavy atom. The number of carbonyl (C=O) groups excluding carboxylic acids is 1. The van der Waals surface area contributed by atoms with Crippen LogP contribution in [0.3, 0.4) is 0 Å². The molecule has 4 nitrogen and oxygen atoms in total. The molecule has 1 aliphatic rings. The molecule has 4 aromatic rings. The predicted molar refractivity (Wildman–Crippen MR) is 126 cm³/mol. The lowest BCUT2D eigenvalue weighted by atomic mass is 9.96. The van der Waals surface area contributed by atoms with E-state index in [1.54, 1.807) is 0 Å². The monoisotopic (exact) mass is 511 g/mol. The lowest BCUT2D eigenvalue weighted by Crippen LogP contribution is -2.29. The van der Waals surface area contributed by atoms with Crippen LogP contribution in [0.4, 0.5) is 0 Å². The van der Waals surface area contributed by atoms with Crippen LogP contribution < -0.4 is 0 Å². The second kappa shape index (κ2) is 8.15. The van der Waals surface area contributed by atoms with Crippen molar-refractivity contribution in [2.24, 2.45) is 0 Å². The van der Waals surface area contributed by atoms with E-state index in [1.807, 2.05) is 77.7 Å². The van der Waals surface area contributed by atoms with Crippen LogP contribution in [-0.2, 0) is 6.54 Å². The molecular weight excluding hydrogens is 497 g/mol. The second-order valence-corrected chi connectivity index (χ2v) is 9.17. The van der Waals surface area contributed by atoms with Crippen molar-refractivity contribution in [3.63, 3.8) is 0 Å². The van der Waals surface area contributed by atoms with E-state index in [1.165, 1.54) is 0 Å². The van der Waals surface area contributed by atoms with Crippen LogP contribution in [-0.4, -0.2) is 21.0 Å². The summed E-state index contributed by atoms with van der Waals surface area (Å²) in [5.41, 5.74) is 5.06. The van der Waals surface area contributed by atoms with E-state index >= 15 is 0 Å². The highest BCUT2D eigenvalue weighted by atomic mass is 79.9. The molecule has 0 spiro atoms. The molecule has 0 saturated carbocycles. The van der Waals surface area contributed by atoms with Gasteiger partial charge in [-0.3, -0.25) is 9.89 Å². The van der Waals surface area contributed by atoms with Crippen LogP contribution in [0.15, 0.2) is 77.3 Å². The lowest BCUT2D eigenvalue weighted by molar-refractivity contribution is 0.0730. The molecule has 0 saturated heterocycles. The first kappa shape index (κ1) is 20.3. The summed E-state index contributed by atoms with van der Waals surface area (Å²) in [4.78, 5) is 15.3. The van der Waals surface area contributed by atoms with Gasteiger partial charge in [-0.2, -0.15) is 5.10 Å². The number of nitrogens with one attached hydrogen (secondary N) is 1. The fourth-order valence-electron chi connectivity index (χ4n) is 4.00. The van der Waals surface area contributed by atoms with Crippen LogP contribution >= 0.6 is 39.1 Å². The van der Waals surface area contributed by atoms with Gasteiger partial charge in [-0.05, 0) is 47.5 Å². The van der Waals surface area contributed by atoms with E-state index in [0.29, 0.717) is 22.3 Å². The summed E-state index contributed by atoms with van der Waals surface area (Å²) < 4.78 is 0.953. The van der Waals surface area contributed by atoms with Gasteiger partial charge in [-0.25, -0.2) is 0 Å². The van der Waals surface area contributed by atoms with Crippen molar-refractivity contribution in [1.82, 2.24) is 15.1 Å². The Bertz CT molecular complexity index is 1270. The standard InChI is InChI=1S/C24H16BrCl2N3O/c25-17-3-1-2-16(12-17)23-20-21(15-6-10-19(27)11-7-15)28-29-22(20)24(31)30(23)13-14-4-8-18(26)9-5-14/h1-12,23H,13H2,(H,28,29). The summed E-state index contributed by atoms with van der Waals surface area (Å²) in [5.74, 6) is -0.0809. The number of carbonyl (C=O) groups is 1. The quantitative estimate of drug-likeness (QED) is 0.323. The molecule has 1 amide bonds. The average molecular weight is 513 g/mol. The van der Waals surface area contributed by atoms with Crippen molar-refractivity contribution in [3.8, 4) is 11.3 Å². The van der Waals surface area contributed by atoms with Crippen LogP contribution in [0.25, 0.3) is 11.3 Å². The van der Waals surface area contributed by atoms with Gasteiger partial charge < -0.3 is 4.90 Å². The molecule has 31 heavy (non-hydrogen) atoms. The largest absolute Gasteiger partial charge is 0.322 e. The smallest absolute Gasteiger partial charge is 0.273 e. The first-order valence-corrected chi connectivity index (χ1v) is 11.2.